The van der Waals surface area contributed by atoms with Crippen molar-refractivity contribution in [2.75, 3.05) is 32.7 Å². The van der Waals surface area contributed by atoms with Crippen LogP contribution < -0.4 is 5.32 Å². The number of nitrogens with one attached hydrogen (secondary N) is 1. The molecule has 0 bridgehead atoms. The summed E-state index contributed by atoms with van der Waals surface area (Å²) in [6, 6.07) is 0.381. The third kappa shape index (κ3) is 4.37. The summed E-state index contributed by atoms with van der Waals surface area (Å²) in [5, 5.41) is 11.9. The number of nitrogens with zero attached hydrogens (tertiary/aromatic N) is 2. The zero-order valence-corrected chi connectivity index (χ0v) is 12.2. The quantitative estimate of drug-likeness (QED) is 0.789. The van der Waals surface area contributed by atoms with Crippen LogP contribution in [0.3, 0.4) is 0 Å². The van der Waals surface area contributed by atoms with Crippen LogP contribution in [0.1, 0.15) is 32.6 Å². The molecule has 2 unspecified atom stereocenters. The van der Waals surface area contributed by atoms with Gasteiger partial charge in [0.1, 0.15) is 0 Å². The van der Waals surface area contributed by atoms with E-state index in [1.807, 2.05) is 9.80 Å². The molecule has 2 fully saturated rings. The topological polar surface area (TPSA) is 72.9 Å². The van der Waals surface area contributed by atoms with Crippen molar-refractivity contribution in [1.82, 2.24) is 15.1 Å². The van der Waals surface area contributed by atoms with Gasteiger partial charge in [-0.3, -0.25) is 9.69 Å². The molecule has 1 heterocycles. The van der Waals surface area contributed by atoms with Gasteiger partial charge in [-0.25, -0.2) is 4.79 Å². The Bertz CT molecular complexity index is 362. The van der Waals surface area contributed by atoms with Crippen molar-refractivity contribution in [2.45, 2.75) is 38.6 Å². The molecule has 1 saturated heterocycles. The molecular formula is C14H25N3O3. The summed E-state index contributed by atoms with van der Waals surface area (Å²) >= 11 is 0. The average molecular weight is 283 g/mol. The molecule has 0 aromatic carbocycles. The second kappa shape index (κ2) is 6.92. The van der Waals surface area contributed by atoms with Gasteiger partial charge in [-0.15, -0.1) is 0 Å². The highest BCUT2D eigenvalue weighted by atomic mass is 16.4. The van der Waals surface area contributed by atoms with Crippen molar-refractivity contribution >= 4 is 12.0 Å². The molecule has 1 saturated carbocycles. The molecular weight excluding hydrogens is 258 g/mol. The number of rotatable bonds is 5. The van der Waals surface area contributed by atoms with Gasteiger partial charge >= 0.3 is 12.0 Å². The predicted molar refractivity (Wildman–Crippen MR) is 75.6 cm³/mol. The van der Waals surface area contributed by atoms with Crippen molar-refractivity contribution in [1.29, 1.82) is 0 Å². The lowest BCUT2D eigenvalue weighted by Gasteiger charge is -2.21. The smallest absolute Gasteiger partial charge is 0.317 e. The van der Waals surface area contributed by atoms with Gasteiger partial charge in [0.2, 0.25) is 0 Å². The number of hydrogen-bond donors (Lipinski definition) is 2. The molecule has 2 aliphatic rings. The van der Waals surface area contributed by atoms with E-state index in [4.69, 9.17) is 5.11 Å². The van der Waals surface area contributed by atoms with E-state index in [9.17, 15) is 9.59 Å². The molecule has 2 N–H and O–H groups in total. The summed E-state index contributed by atoms with van der Waals surface area (Å²) in [7, 11) is 0. The summed E-state index contributed by atoms with van der Waals surface area (Å²) in [5.74, 6) is -0.136. The SMILES string of the molecule is CCCC1CC1NC(=O)N1CCCN(CC(=O)O)CC1. The molecule has 6 heteroatoms. The number of amides is 2. The first kappa shape index (κ1) is 15.1. The van der Waals surface area contributed by atoms with Gasteiger partial charge in [0, 0.05) is 32.2 Å². The average Bonchev–Trinajstić information content (AvgIpc) is 3.13. The Morgan fingerprint density at radius 3 is 2.75 bits per heavy atom. The van der Waals surface area contributed by atoms with Gasteiger partial charge in [0.05, 0.1) is 6.54 Å². The van der Waals surface area contributed by atoms with Gasteiger partial charge in [-0.2, -0.15) is 0 Å². The van der Waals surface area contributed by atoms with Crippen molar-refractivity contribution in [3.05, 3.63) is 0 Å². The zero-order valence-electron chi connectivity index (χ0n) is 12.2. The number of carboxylic acids is 1. The molecule has 2 rings (SSSR count). The van der Waals surface area contributed by atoms with E-state index < -0.39 is 5.97 Å². The van der Waals surface area contributed by atoms with Crippen LogP contribution in [0.5, 0.6) is 0 Å². The second-order valence-electron chi connectivity index (χ2n) is 5.85. The number of hydrogen-bond acceptors (Lipinski definition) is 3. The van der Waals surface area contributed by atoms with Gasteiger partial charge in [-0.1, -0.05) is 13.3 Å². The first-order chi connectivity index (χ1) is 9.60. The standard InChI is InChI=1S/C14H25N3O3/c1-2-4-11-9-12(11)15-14(20)17-6-3-5-16(7-8-17)10-13(18)19/h11-12H,2-10H2,1H3,(H,15,20)(H,18,19). The normalized spacial score (nSPS) is 26.9. The Morgan fingerprint density at radius 1 is 1.25 bits per heavy atom. The van der Waals surface area contributed by atoms with Crippen LogP contribution in [0.4, 0.5) is 4.79 Å². The van der Waals surface area contributed by atoms with Crippen molar-refractivity contribution in [3.8, 4) is 0 Å². The number of urea groups is 1. The van der Waals surface area contributed by atoms with Crippen LogP contribution in [0.15, 0.2) is 0 Å². The van der Waals surface area contributed by atoms with Crippen molar-refractivity contribution in [3.63, 3.8) is 0 Å². The van der Waals surface area contributed by atoms with E-state index in [0.717, 1.165) is 19.4 Å². The fraction of sp³-hybridized carbons (Fsp3) is 0.857. The third-order valence-corrected chi connectivity index (χ3v) is 4.13. The minimum atomic E-state index is -0.803. The monoisotopic (exact) mass is 283 g/mol. The minimum Gasteiger partial charge on any atom is -0.480 e. The molecule has 114 valence electrons. The molecule has 20 heavy (non-hydrogen) atoms. The summed E-state index contributed by atoms with van der Waals surface area (Å²) in [4.78, 5) is 26.6. The predicted octanol–water partition coefficient (Wildman–Crippen LogP) is 0.977. The van der Waals surface area contributed by atoms with Crippen LogP contribution >= 0.6 is 0 Å². The molecule has 2 atom stereocenters. The molecule has 2 amide bonds. The number of aliphatic carboxylic acids is 1. The van der Waals surface area contributed by atoms with Gasteiger partial charge in [0.25, 0.3) is 0 Å². The number of carbonyl (C=O) groups is 2. The van der Waals surface area contributed by atoms with E-state index in [2.05, 4.69) is 12.2 Å². The largest absolute Gasteiger partial charge is 0.480 e. The van der Waals surface area contributed by atoms with Crippen LogP contribution in [0.2, 0.25) is 0 Å². The molecule has 0 radical (unpaired) electrons. The fourth-order valence-electron chi connectivity index (χ4n) is 2.89. The van der Waals surface area contributed by atoms with E-state index in [1.165, 1.54) is 12.8 Å². The maximum Gasteiger partial charge on any atom is 0.317 e. The van der Waals surface area contributed by atoms with E-state index in [1.54, 1.807) is 0 Å². The summed E-state index contributed by atoms with van der Waals surface area (Å²) in [6.07, 6.45) is 4.31. The molecule has 0 aromatic rings. The highest BCUT2D eigenvalue weighted by Crippen LogP contribution is 2.34. The minimum absolute atomic E-state index is 0.0192. The lowest BCUT2D eigenvalue weighted by Crippen LogP contribution is -2.43. The van der Waals surface area contributed by atoms with Gasteiger partial charge in [0.15, 0.2) is 0 Å². The van der Waals surface area contributed by atoms with Gasteiger partial charge < -0.3 is 15.3 Å². The van der Waals surface area contributed by atoms with Crippen LogP contribution in [-0.4, -0.2) is 65.7 Å². The van der Waals surface area contributed by atoms with E-state index in [-0.39, 0.29) is 12.6 Å². The van der Waals surface area contributed by atoms with Crippen LogP contribution in [0.25, 0.3) is 0 Å². The van der Waals surface area contributed by atoms with Crippen LogP contribution in [-0.2, 0) is 4.79 Å². The Kier molecular flexibility index (Phi) is 5.23. The van der Waals surface area contributed by atoms with Crippen LogP contribution in [0, 0.1) is 5.92 Å². The summed E-state index contributed by atoms with van der Waals surface area (Å²) < 4.78 is 0. The first-order valence-electron chi connectivity index (χ1n) is 7.59. The Hall–Kier alpha value is -1.30. The maximum atomic E-state index is 12.2. The number of carboxylic acid groups (broad SMARTS) is 1. The summed E-state index contributed by atoms with van der Waals surface area (Å²) in [5.41, 5.74) is 0. The van der Waals surface area contributed by atoms with E-state index >= 15 is 0 Å². The Morgan fingerprint density at radius 2 is 2.05 bits per heavy atom. The lowest BCUT2D eigenvalue weighted by molar-refractivity contribution is -0.138. The highest BCUT2D eigenvalue weighted by Gasteiger charge is 2.38. The van der Waals surface area contributed by atoms with Gasteiger partial charge in [-0.05, 0) is 25.2 Å². The molecule has 1 aliphatic carbocycles. The summed E-state index contributed by atoms with van der Waals surface area (Å²) in [6.45, 7) is 4.96. The molecule has 0 aromatic heterocycles. The Balaban J connectivity index is 1.73. The first-order valence-corrected chi connectivity index (χ1v) is 7.59. The Labute approximate surface area is 120 Å². The van der Waals surface area contributed by atoms with Crippen molar-refractivity contribution in [2.24, 2.45) is 5.92 Å². The van der Waals surface area contributed by atoms with E-state index in [0.29, 0.717) is 31.6 Å². The molecule has 0 spiro atoms. The molecule has 6 nitrogen and oxygen atoms in total. The highest BCUT2D eigenvalue weighted by molar-refractivity contribution is 5.75. The zero-order chi connectivity index (χ0) is 14.5. The third-order valence-electron chi connectivity index (χ3n) is 4.13. The molecule has 1 aliphatic heterocycles. The fourth-order valence-corrected chi connectivity index (χ4v) is 2.89. The lowest BCUT2D eigenvalue weighted by atomic mass is 10.2. The van der Waals surface area contributed by atoms with Crippen molar-refractivity contribution < 1.29 is 14.7 Å². The second-order valence-corrected chi connectivity index (χ2v) is 5.85. The maximum absolute atomic E-state index is 12.2. The number of carbonyl (C=O) groups excluding carboxylic acids is 1.